The smallest absolute Gasteiger partial charge is 0.338 e. The number of methoxy groups -OCH3 is 1. The zero-order valence-electron chi connectivity index (χ0n) is 11.8. The van der Waals surface area contributed by atoms with Gasteiger partial charge in [-0.1, -0.05) is 0 Å². The zero-order valence-corrected chi connectivity index (χ0v) is 13.3. The van der Waals surface area contributed by atoms with Crippen LogP contribution in [0, 0.1) is 13.8 Å². The van der Waals surface area contributed by atoms with Gasteiger partial charge in [-0.15, -0.1) is 0 Å². The SMILES string of the molecule is COCC(C)OC(=O)c1cc(C)c(C)c(S(=O)(=O)Cl)c1. The van der Waals surface area contributed by atoms with Crippen molar-refractivity contribution in [2.75, 3.05) is 13.7 Å². The number of hydrogen-bond donors (Lipinski definition) is 0. The van der Waals surface area contributed by atoms with Gasteiger partial charge in [-0.05, 0) is 44.0 Å². The molecule has 1 atom stereocenters. The van der Waals surface area contributed by atoms with Gasteiger partial charge in [0.25, 0.3) is 9.05 Å². The minimum atomic E-state index is -3.91. The highest BCUT2D eigenvalue weighted by Crippen LogP contribution is 2.24. The molecule has 0 aliphatic heterocycles. The minimum Gasteiger partial charge on any atom is -0.457 e. The van der Waals surface area contributed by atoms with Crippen LogP contribution in [0.15, 0.2) is 17.0 Å². The monoisotopic (exact) mass is 320 g/mol. The average molecular weight is 321 g/mol. The van der Waals surface area contributed by atoms with Gasteiger partial charge in [0, 0.05) is 17.8 Å². The maximum Gasteiger partial charge on any atom is 0.338 e. The standard InChI is InChI=1S/C13H17ClO5S/c1-8-5-11(13(15)19-9(2)7-18-4)6-12(10(8)3)20(14,16)17/h5-6,9H,7H2,1-4H3. The Morgan fingerprint density at radius 1 is 1.35 bits per heavy atom. The molecule has 5 nitrogen and oxygen atoms in total. The summed E-state index contributed by atoms with van der Waals surface area (Å²) in [6.07, 6.45) is -0.426. The Labute approximate surface area is 123 Å². The molecular formula is C13H17ClO5S. The third-order valence-electron chi connectivity index (χ3n) is 2.83. The van der Waals surface area contributed by atoms with E-state index in [-0.39, 0.29) is 17.1 Å². The highest BCUT2D eigenvalue weighted by molar-refractivity contribution is 8.13. The van der Waals surface area contributed by atoms with Gasteiger partial charge in [0.15, 0.2) is 0 Å². The number of carbonyl (C=O) groups is 1. The first-order chi connectivity index (χ1) is 9.16. The first-order valence-corrected chi connectivity index (χ1v) is 8.23. The highest BCUT2D eigenvalue weighted by atomic mass is 35.7. The molecule has 112 valence electrons. The summed E-state index contributed by atoms with van der Waals surface area (Å²) in [5, 5.41) is 0. The molecule has 1 rings (SSSR count). The van der Waals surface area contributed by atoms with Gasteiger partial charge in [0.05, 0.1) is 17.1 Å². The second-order valence-corrected chi connectivity index (χ2v) is 7.06. The van der Waals surface area contributed by atoms with Crippen LogP contribution in [0.1, 0.15) is 28.4 Å². The molecular weight excluding hydrogens is 304 g/mol. The summed E-state index contributed by atoms with van der Waals surface area (Å²) >= 11 is 0. The van der Waals surface area contributed by atoms with Crippen LogP contribution in [0.4, 0.5) is 0 Å². The molecule has 0 aliphatic rings. The topological polar surface area (TPSA) is 69.7 Å². The fourth-order valence-corrected chi connectivity index (χ4v) is 2.99. The second-order valence-electron chi connectivity index (χ2n) is 4.53. The molecule has 1 aromatic carbocycles. The van der Waals surface area contributed by atoms with Gasteiger partial charge in [-0.25, -0.2) is 13.2 Å². The Bertz CT molecular complexity index is 609. The summed E-state index contributed by atoms with van der Waals surface area (Å²) in [6, 6.07) is 2.80. The quantitative estimate of drug-likeness (QED) is 0.615. The Kier molecular flexibility index (Phi) is 5.56. The lowest BCUT2D eigenvalue weighted by Gasteiger charge is -2.14. The third kappa shape index (κ3) is 4.19. The zero-order chi connectivity index (χ0) is 15.5. The predicted octanol–water partition coefficient (Wildman–Crippen LogP) is 2.42. The van der Waals surface area contributed by atoms with Crippen LogP contribution in [-0.2, 0) is 18.5 Å². The lowest BCUT2D eigenvalue weighted by Crippen LogP contribution is -2.20. The average Bonchev–Trinajstić information content (AvgIpc) is 2.30. The predicted molar refractivity (Wildman–Crippen MR) is 75.7 cm³/mol. The van der Waals surface area contributed by atoms with E-state index in [0.717, 1.165) is 0 Å². The van der Waals surface area contributed by atoms with Crippen LogP contribution in [-0.4, -0.2) is 34.2 Å². The molecule has 20 heavy (non-hydrogen) atoms. The summed E-state index contributed by atoms with van der Waals surface area (Å²) in [4.78, 5) is 11.9. The number of benzene rings is 1. The summed E-state index contributed by atoms with van der Waals surface area (Å²) < 4.78 is 33.0. The number of esters is 1. The van der Waals surface area contributed by atoms with Crippen molar-refractivity contribution in [2.24, 2.45) is 0 Å². The number of rotatable bonds is 5. The first kappa shape index (κ1) is 16.9. The van der Waals surface area contributed by atoms with Gasteiger partial charge in [-0.2, -0.15) is 0 Å². The molecule has 0 heterocycles. The van der Waals surface area contributed by atoms with E-state index in [9.17, 15) is 13.2 Å². The molecule has 1 aromatic rings. The van der Waals surface area contributed by atoms with Crippen molar-refractivity contribution in [3.8, 4) is 0 Å². The van der Waals surface area contributed by atoms with E-state index in [0.29, 0.717) is 11.1 Å². The molecule has 0 fully saturated rings. The van der Waals surface area contributed by atoms with Crippen molar-refractivity contribution in [1.29, 1.82) is 0 Å². The summed E-state index contributed by atoms with van der Waals surface area (Å²) in [5.41, 5.74) is 1.31. The largest absolute Gasteiger partial charge is 0.457 e. The lowest BCUT2D eigenvalue weighted by molar-refractivity contribution is 0.0120. The number of carbonyl (C=O) groups excluding carboxylic acids is 1. The highest BCUT2D eigenvalue weighted by Gasteiger charge is 2.20. The maximum atomic E-state index is 12.0. The normalized spacial score (nSPS) is 13.1. The first-order valence-electron chi connectivity index (χ1n) is 5.92. The van der Waals surface area contributed by atoms with E-state index in [4.69, 9.17) is 20.2 Å². The number of hydrogen-bond acceptors (Lipinski definition) is 5. The van der Waals surface area contributed by atoms with Crippen molar-refractivity contribution in [3.05, 3.63) is 28.8 Å². The third-order valence-corrected chi connectivity index (χ3v) is 4.28. The molecule has 0 aromatic heterocycles. The number of ether oxygens (including phenoxy) is 2. The fraction of sp³-hybridized carbons (Fsp3) is 0.462. The Hall–Kier alpha value is -1.11. The van der Waals surface area contributed by atoms with Crippen LogP contribution in [0.2, 0.25) is 0 Å². The van der Waals surface area contributed by atoms with E-state index in [2.05, 4.69) is 0 Å². The molecule has 0 spiro atoms. The van der Waals surface area contributed by atoms with Crippen LogP contribution >= 0.6 is 10.7 Å². The maximum absolute atomic E-state index is 12.0. The van der Waals surface area contributed by atoms with E-state index >= 15 is 0 Å². The summed E-state index contributed by atoms with van der Waals surface area (Å²) in [6.45, 7) is 5.28. The van der Waals surface area contributed by atoms with Gasteiger partial charge in [0.1, 0.15) is 6.10 Å². The van der Waals surface area contributed by atoms with Crippen molar-refractivity contribution < 1.29 is 22.7 Å². The molecule has 7 heteroatoms. The van der Waals surface area contributed by atoms with E-state index in [1.165, 1.54) is 13.2 Å². The fourth-order valence-electron chi connectivity index (χ4n) is 1.72. The summed E-state index contributed by atoms with van der Waals surface area (Å²) in [7, 11) is 2.96. The van der Waals surface area contributed by atoms with Crippen LogP contribution < -0.4 is 0 Å². The molecule has 0 bridgehead atoms. The van der Waals surface area contributed by atoms with Gasteiger partial charge in [-0.3, -0.25) is 0 Å². The molecule has 0 amide bonds. The van der Waals surface area contributed by atoms with E-state index in [1.807, 2.05) is 0 Å². The Morgan fingerprint density at radius 2 is 1.95 bits per heavy atom. The molecule has 0 radical (unpaired) electrons. The Balaban J connectivity index is 3.15. The molecule has 0 N–H and O–H groups in total. The van der Waals surface area contributed by atoms with Crippen LogP contribution in [0.5, 0.6) is 0 Å². The lowest BCUT2D eigenvalue weighted by atomic mass is 10.1. The molecule has 0 saturated heterocycles. The Morgan fingerprint density at radius 3 is 2.45 bits per heavy atom. The van der Waals surface area contributed by atoms with Gasteiger partial charge < -0.3 is 9.47 Å². The molecule has 0 aliphatic carbocycles. The van der Waals surface area contributed by atoms with Crippen LogP contribution in [0.3, 0.4) is 0 Å². The number of aryl methyl sites for hydroxylation is 1. The van der Waals surface area contributed by atoms with Gasteiger partial charge in [0.2, 0.25) is 0 Å². The van der Waals surface area contributed by atoms with Crippen molar-refractivity contribution in [2.45, 2.75) is 31.8 Å². The van der Waals surface area contributed by atoms with E-state index < -0.39 is 21.1 Å². The van der Waals surface area contributed by atoms with E-state index in [1.54, 1.807) is 26.8 Å². The van der Waals surface area contributed by atoms with Crippen LogP contribution in [0.25, 0.3) is 0 Å². The summed E-state index contributed by atoms with van der Waals surface area (Å²) in [5.74, 6) is -0.612. The van der Waals surface area contributed by atoms with Gasteiger partial charge >= 0.3 is 5.97 Å². The molecule has 1 unspecified atom stereocenters. The molecule has 0 saturated carbocycles. The van der Waals surface area contributed by atoms with Crippen molar-refractivity contribution >= 4 is 25.7 Å². The minimum absolute atomic E-state index is 0.0782. The second kappa shape index (κ2) is 6.56. The number of halogens is 1. The van der Waals surface area contributed by atoms with Crippen molar-refractivity contribution in [3.63, 3.8) is 0 Å². The van der Waals surface area contributed by atoms with Crippen molar-refractivity contribution in [1.82, 2.24) is 0 Å².